The van der Waals surface area contributed by atoms with Gasteiger partial charge in [-0.05, 0) is 104 Å². The van der Waals surface area contributed by atoms with Crippen molar-refractivity contribution in [3.8, 4) is 5.75 Å². The van der Waals surface area contributed by atoms with Gasteiger partial charge in [0.05, 0.1) is 12.7 Å². The topological polar surface area (TPSA) is 49.7 Å². The molecule has 3 aliphatic rings. The molecule has 3 nitrogen and oxygen atoms in total. The Morgan fingerprint density at radius 1 is 1.31 bits per heavy atom. The van der Waals surface area contributed by atoms with Gasteiger partial charge < -0.3 is 14.9 Å². The van der Waals surface area contributed by atoms with Crippen LogP contribution in [0.15, 0.2) is 18.2 Å². The summed E-state index contributed by atoms with van der Waals surface area (Å²) < 4.78 is 5.63. The number of phenolic OH excluding ortho intramolecular Hbond substituents is 1. The number of hydrogen-bond donors (Lipinski definition) is 2. The minimum Gasteiger partial charge on any atom is -0.508 e. The minimum absolute atomic E-state index is 0.00207. The van der Waals surface area contributed by atoms with Crippen molar-refractivity contribution >= 4 is 17.3 Å². The van der Waals surface area contributed by atoms with Crippen LogP contribution >= 0.6 is 12.2 Å². The van der Waals surface area contributed by atoms with Crippen molar-refractivity contribution in [1.29, 1.82) is 0 Å². The maximum atomic E-state index is 10.8. The van der Waals surface area contributed by atoms with E-state index in [9.17, 15) is 10.2 Å². The molecule has 0 aliphatic heterocycles. The number of benzene rings is 1. The van der Waals surface area contributed by atoms with E-state index in [1.807, 2.05) is 19.1 Å². The van der Waals surface area contributed by atoms with Crippen molar-refractivity contribution in [3.63, 3.8) is 0 Å². The molecule has 0 spiro atoms. The van der Waals surface area contributed by atoms with Gasteiger partial charge in [-0.3, -0.25) is 0 Å². The van der Waals surface area contributed by atoms with Gasteiger partial charge in [-0.15, -0.1) is 0 Å². The SMILES string of the molecule is CCOC(=S)C[C@H]1CC2(C)C(O)CCC2C2CCc3cc(O)ccc3C21. The van der Waals surface area contributed by atoms with Gasteiger partial charge in [-0.2, -0.15) is 0 Å². The molecule has 4 heteroatoms. The summed E-state index contributed by atoms with van der Waals surface area (Å²) in [5.74, 6) is 2.40. The summed E-state index contributed by atoms with van der Waals surface area (Å²) in [5, 5.41) is 21.4. The first-order chi connectivity index (χ1) is 12.4. The first kappa shape index (κ1) is 18.2. The highest BCUT2D eigenvalue weighted by Crippen LogP contribution is 2.63. The second kappa shape index (κ2) is 6.79. The average Bonchev–Trinajstić information content (AvgIpc) is 2.89. The van der Waals surface area contributed by atoms with Crippen LogP contribution in [0.25, 0.3) is 0 Å². The third kappa shape index (κ3) is 2.86. The summed E-state index contributed by atoms with van der Waals surface area (Å²) in [6, 6.07) is 5.91. The van der Waals surface area contributed by atoms with Crippen molar-refractivity contribution in [2.45, 2.75) is 64.4 Å². The highest BCUT2D eigenvalue weighted by molar-refractivity contribution is 7.80. The lowest BCUT2D eigenvalue weighted by molar-refractivity contribution is -0.0472. The Kier molecular flexibility index (Phi) is 4.77. The Hall–Kier alpha value is -1.13. The molecular formula is C22H30O3S. The normalized spacial score (nSPS) is 38.2. The number of phenols is 1. The summed E-state index contributed by atoms with van der Waals surface area (Å²) in [5.41, 5.74) is 2.69. The predicted molar refractivity (Wildman–Crippen MR) is 106 cm³/mol. The Balaban J connectivity index is 1.73. The fourth-order valence-electron chi connectivity index (χ4n) is 6.48. The smallest absolute Gasteiger partial charge is 0.159 e. The highest BCUT2D eigenvalue weighted by Gasteiger charge is 2.57. The number of aliphatic hydroxyl groups excluding tert-OH is 1. The second-order valence-electron chi connectivity index (χ2n) is 8.79. The number of aryl methyl sites for hydroxylation is 1. The molecule has 6 atom stereocenters. The number of ether oxygens (including phenoxy) is 1. The molecular weight excluding hydrogens is 344 g/mol. The molecule has 0 aromatic heterocycles. The van der Waals surface area contributed by atoms with E-state index in [-0.39, 0.29) is 11.5 Å². The largest absolute Gasteiger partial charge is 0.508 e. The molecule has 5 unspecified atom stereocenters. The van der Waals surface area contributed by atoms with E-state index < -0.39 is 0 Å². The number of thiocarbonyl (C=S) groups is 1. The van der Waals surface area contributed by atoms with Gasteiger partial charge in [0, 0.05) is 6.42 Å². The molecule has 4 rings (SSSR count). The monoisotopic (exact) mass is 374 g/mol. The van der Waals surface area contributed by atoms with Crippen LogP contribution in [0, 0.1) is 23.2 Å². The summed E-state index contributed by atoms with van der Waals surface area (Å²) in [6.07, 6.45) is 5.83. The Labute approximate surface area is 161 Å². The van der Waals surface area contributed by atoms with Crippen molar-refractivity contribution < 1.29 is 14.9 Å². The number of aromatic hydroxyl groups is 1. The second-order valence-corrected chi connectivity index (χ2v) is 9.25. The zero-order valence-electron chi connectivity index (χ0n) is 15.8. The fourth-order valence-corrected chi connectivity index (χ4v) is 6.81. The molecule has 0 amide bonds. The molecule has 3 aliphatic carbocycles. The zero-order chi connectivity index (χ0) is 18.5. The van der Waals surface area contributed by atoms with E-state index in [0.29, 0.717) is 41.1 Å². The van der Waals surface area contributed by atoms with Gasteiger partial charge in [-0.25, -0.2) is 0 Å². The van der Waals surface area contributed by atoms with Crippen molar-refractivity contribution in [2.75, 3.05) is 6.61 Å². The predicted octanol–water partition coefficient (Wildman–Crippen LogP) is 4.59. The first-order valence-corrected chi connectivity index (χ1v) is 10.5. The van der Waals surface area contributed by atoms with Gasteiger partial charge >= 0.3 is 0 Å². The van der Waals surface area contributed by atoms with Crippen molar-refractivity contribution in [2.24, 2.45) is 23.2 Å². The van der Waals surface area contributed by atoms with Gasteiger partial charge in [0.15, 0.2) is 5.05 Å². The van der Waals surface area contributed by atoms with Gasteiger partial charge in [0.1, 0.15) is 5.75 Å². The molecule has 0 saturated heterocycles. The number of fused-ring (bicyclic) bond motifs is 5. The van der Waals surface area contributed by atoms with Crippen LogP contribution in [0.5, 0.6) is 5.75 Å². The van der Waals surface area contributed by atoms with E-state index in [0.717, 1.165) is 38.5 Å². The third-order valence-electron chi connectivity index (χ3n) is 7.51. The molecule has 0 radical (unpaired) electrons. The highest BCUT2D eigenvalue weighted by atomic mass is 32.1. The Morgan fingerprint density at radius 2 is 2.12 bits per heavy atom. The molecule has 2 saturated carbocycles. The Morgan fingerprint density at radius 3 is 2.88 bits per heavy atom. The van der Waals surface area contributed by atoms with Crippen LogP contribution in [0.1, 0.15) is 63.0 Å². The van der Waals surface area contributed by atoms with Crippen LogP contribution in [-0.4, -0.2) is 28.0 Å². The van der Waals surface area contributed by atoms with Gasteiger partial charge in [0.2, 0.25) is 0 Å². The van der Waals surface area contributed by atoms with Crippen molar-refractivity contribution in [3.05, 3.63) is 29.3 Å². The zero-order valence-corrected chi connectivity index (χ0v) is 16.6. The van der Waals surface area contributed by atoms with Crippen LogP contribution in [0.4, 0.5) is 0 Å². The summed E-state index contributed by atoms with van der Waals surface area (Å²) in [7, 11) is 0. The summed E-state index contributed by atoms with van der Waals surface area (Å²) in [6.45, 7) is 4.90. The molecule has 0 heterocycles. The van der Waals surface area contributed by atoms with E-state index in [1.54, 1.807) is 0 Å². The molecule has 26 heavy (non-hydrogen) atoms. The number of rotatable bonds is 3. The lowest BCUT2D eigenvalue weighted by atomic mass is 9.51. The number of hydrogen-bond acceptors (Lipinski definition) is 4. The summed E-state index contributed by atoms with van der Waals surface area (Å²) in [4.78, 5) is 0. The molecule has 0 bridgehead atoms. The lowest BCUT2D eigenvalue weighted by Gasteiger charge is -2.53. The van der Waals surface area contributed by atoms with E-state index in [1.165, 1.54) is 11.1 Å². The first-order valence-electron chi connectivity index (χ1n) is 10.1. The maximum Gasteiger partial charge on any atom is 0.159 e. The van der Waals surface area contributed by atoms with Crippen LogP contribution in [0.2, 0.25) is 0 Å². The van der Waals surface area contributed by atoms with E-state index in [2.05, 4.69) is 13.0 Å². The van der Waals surface area contributed by atoms with Gasteiger partial charge in [-0.1, -0.05) is 13.0 Å². The van der Waals surface area contributed by atoms with Crippen molar-refractivity contribution in [1.82, 2.24) is 0 Å². The molecule has 1 aromatic rings. The lowest BCUT2D eigenvalue weighted by Crippen LogP contribution is -2.48. The van der Waals surface area contributed by atoms with E-state index in [4.69, 9.17) is 17.0 Å². The standard InChI is InChI=1S/C22H30O3S/c1-3-25-20(26)11-14-12-22(2)18(8-9-19(22)24)17-6-4-13-10-15(23)5-7-16(13)21(14)17/h5,7,10,14,17-19,21,23-24H,3-4,6,8-9,11-12H2,1-2H3/t14-,17?,18?,19?,21?,22?/m0/s1. The summed E-state index contributed by atoms with van der Waals surface area (Å²) >= 11 is 5.51. The average molecular weight is 375 g/mol. The molecule has 2 fully saturated rings. The maximum absolute atomic E-state index is 10.8. The van der Waals surface area contributed by atoms with Crippen LogP contribution in [0.3, 0.4) is 0 Å². The van der Waals surface area contributed by atoms with Crippen LogP contribution in [-0.2, 0) is 11.2 Å². The Bertz CT molecular complexity index is 703. The van der Waals surface area contributed by atoms with Gasteiger partial charge in [0.25, 0.3) is 0 Å². The quantitative estimate of drug-likeness (QED) is 0.760. The minimum atomic E-state index is -0.196. The molecule has 142 valence electrons. The van der Waals surface area contributed by atoms with Crippen LogP contribution < -0.4 is 0 Å². The van der Waals surface area contributed by atoms with E-state index >= 15 is 0 Å². The third-order valence-corrected chi connectivity index (χ3v) is 7.80. The molecule has 1 aromatic carbocycles. The molecule has 2 N–H and O–H groups in total. The fraction of sp³-hybridized carbons (Fsp3) is 0.682. The number of aliphatic hydroxyl groups is 1.